The first-order valence-electron chi connectivity index (χ1n) is 9.24. The van der Waals surface area contributed by atoms with Gasteiger partial charge >= 0.3 is 6.03 Å². The molecule has 0 spiro atoms. The number of rotatable bonds is 4. The third kappa shape index (κ3) is 3.62. The Morgan fingerprint density at radius 1 is 1.26 bits per heavy atom. The molecule has 0 radical (unpaired) electrons. The molecule has 0 bridgehead atoms. The van der Waals surface area contributed by atoms with Gasteiger partial charge in [-0.2, -0.15) is 0 Å². The lowest BCUT2D eigenvalue weighted by Gasteiger charge is -2.20. The molecule has 2 aromatic carbocycles. The Morgan fingerprint density at radius 3 is 2.74 bits per heavy atom. The number of hydrogen-bond acceptors (Lipinski definition) is 5. The van der Waals surface area contributed by atoms with Crippen molar-refractivity contribution in [1.29, 1.82) is 0 Å². The molecule has 0 unspecified atom stereocenters. The average Bonchev–Trinajstić information content (AvgIpc) is 3.21. The molecule has 0 aliphatic carbocycles. The number of ether oxygens (including phenoxy) is 1. The molecule has 9 heteroatoms. The van der Waals surface area contributed by atoms with Crippen molar-refractivity contribution in [1.82, 2.24) is 15.2 Å². The summed E-state index contributed by atoms with van der Waals surface area (Å²) in [6.45, 7) is -0.143. The fraction of sp³-hybridized carbons (Fsp3) is 0.136. The van der Waals surface area contributed by atoms with E-state index in [4.69, 9.17) is 10.5 Å². The first kappa shape index (κ1) is 19.8. The molecule has 31 heavy (non-hydrogen) atoms. The number of nitrogens with zero attached hydrogens (tertiary/aromatic N) is 1. The second-order valence-corrected chi connectivity index (χ2v) is 7.04. The van der Waals surface area contributed by atoms with Crippen molar-refractivity contribution >= 4 is 28.6 Å². The van der Waals surface area contributed by atoms with Gasteiger partial charge in [-0.05, 0) is 36.4 Å². The minimum atomic E-state index is -1.63. The molecule has 1 aromatic heterocycles. The normalized spacial score (nSPS) is 17.6. The van der Waals surface area contributed by atoms with Crippen LogP contribution >= 0.6 is 0 Å². The van der Waals surface area contributed by atoms with Crippen molar-refractivity contribution in [2.24, 2.45) is 5.73 Å². The molecule has 5 N–H and O–H groups in total. The van der Waals surface area contributed by atoms with Crippen LogP contribution in [0.1, 0.15) is 15.9 Å². The number of fused-ring (bicyclic) bond motifs is 1. The van der Waals surface area contributed by atoms with E-state index in [1.54, 1.807) is 42.6 Å². The molecular weight excluding hydrogens is 400 g/mol. The first-order chi connectivity index (χ1) is 14.8. The van der Waals surface area contributed by atoms with Gasteiger partial charge in [0, 0.05) is 28.1 Å². The zero-order chi connectivity index (χ0) is 22.2. The molecular formula is C22H18N4O5. The zero-order valence-corrected chi connectivity index (χ0v) is 16.4. The van der Waals surface area contributed by atoms with Crippen molar-refractivity contribution in [3.05, 3.63) is 59.8 Å². The largest absolute Gasteiger partial charge is 0.497 e. The van der Waals surface area contributed by atoms with E-state index < -0.39 is 23.4 Å². The average molecular weight is 418 g/mol. The number of nitrogens with one attached hydrogen (secondary N) is 2. The van der Waals surface area contributed by atoms with Crippen LogP contribution in [-0.4, -0.2) is 40.2 Å². The van der Waals surface area contributed by atoms with Gasteiger partial charge < -0.3 is 25.5 Å². The number of nitrogens with two attached hydrogens (primary N) is 1. The van der Waals surface area contributed by atoms with Crippen LogP contribution in [0, 0.1) is 11.8 Å². The van der Waals surface area contributed by atoms with E-state index in [-0.39, 0.29) is 18.0 Å². The molecule has 4 rings (SSSR count). The quantitative estimate of drug-likeness (QED) is 0.371. The number of carbonyl (C=O) groups is 3. The summed E-state index contributed by atoms with van der Waals surface area (Å²) in [4.78, 5) is 35.9. The molecule has 0 saturated carbocycles. The van der Waals surface area contributed by atoms with Gasteiger partial charge in [-0.15, -0.1) is 0 Å². The zero-order valence-electron chi connectivity index (χ0n) is 16.4. The number of carbonyl (C=O) groups excluding carboxylic acids is 3. The number of aromatic hydroxyl groups is 1. The standard InChI is InChI=1S/C22H18N4O5/c1-31-16-6-5-15-11-26(19(28)17(15)10-16)12-22(20(29)24-21(30)25-22)8-7-13-3-2-4-14(9-13)18(23)27/h2-6,9-11,28H,12H2,1H3,(H2,23,27)(H2,24,25,29,30)/t22-/m1/s1. The smallest absolute Gasteiger partial charge is 0.323 e. The minimum absolute atomic E-state index is 0.0975. The number of urea groups is 1. The summed E-state index contributed by atoms with van der Waals surface area (Å²) in [5.74, 6) is 4.83. The van der Waals surface area contributed by atoms with E-state index in [1.165, 1.54) is 17.7 Å². The lowest BCUT2D eigenvalue weighted by molar-refractivity contribution is -0.122. The van der Waals surface area contributed by atoms with E-state index in [0.717, 1.165) is 5.39 Å². The Labute approximate surface area is 176 Å². The summed E-state index contributed by atoms with van der Waals surface area (Å²) in [7, 11) is 1.52. The van der Waals surface area contributed by atoms with Crippen molar-refractivity contribution in [2.75, 3.05) is 7.11 Å². The van der Waals surface area contributed by atoms with Crippen LogP contribution in [0.3, 0.4) is 0 Å². The maximum atomic E-state index is 12.6. The summed E-state index contributed by atoms with van der Waals surface area (Å²) in [5, 5.41) is 16.7. The van der Waals surface area contributed by atoms with E-state index >= 15 is 0 Å². The van der Waals surface area contributed by atoms with Gasteiger partial charge in [-0.1, -0.05) is 17.9 Å². The monoisotopic (exact) mass is 418 g/mol. The van der Waals surface area contributed by atoms with E-state index in [1.807, 2.05) is 0 Å². The number of amides is 4. The molecule has 9 nitrogen and oxygen atoms in total. The van der Waals surface area contributed by atoms with Gasteiger partial charge in [0.1, 0.15) is 5.75 Å². The van der Waals surface area contributed by atoms with Crippen molar-refractivity contribution in [3.63, 3.8) is 0 Å². The highest BCUT2D eigenvalue weighted by molar-refractivity contribution is 6.09. The Kier molecular flexibility index (Phi) is 4.75. The topological polar surface area (TPSA) is 136 Å². The van der Waals surface area contributed by atoms with Crippen LogP contribution in [0.2, 0.25) is 0 Å². The van der Waals surface area contributed by atoms with Gasteiger partial charge in [-0.3, -0.25) is 14.9 Å². The number of aromatic nitrogens is 1. The summed E-state index contributed by atoms with van der Waals surface area (Å²) < 4.78 is 6.62. The molecule has 3 aromatic rings. The molecule has 1 fully saturated rings. The highest BCUT2D eigenvalue weighted by Gasteiger charge is 2.46. The molecule has 1 aliphatic heterocycles. The van der Waals surface area contributed by atoms with E-state index in [2.05, 4.69) is 22.5 Å². The highest BCUT2D eigenvalue weighted by atomic mass is 16.5. The maximum absolute atomic E-state index is 12.6. The Bertz CT molecular complexity index is 1300. The second-order valence-electron chi connectivity index (χ2n) is 7.04. The SMILES string of the molecule is COc1ccc2cn(C[C@@]3(C#Cc4cccc(C(N)=O)c4)NC(=O)NC3=O)c(O)c2c1. The first-order valence-corrected chi connectivity index (χ1v) is 9.24. The molecule has 4 amide bonds. The predicted molar refractivity (Wildman–Crippen MR) is 111 cm³/mol. The van der Waals surface area contributed by atoms with Crippen LogP contribution in [0.5, 0.6) is 11.6 Å². The number of benzene rings is 2. The van der Waals surface area contributed by atoms with Crippen LogP contribution in [-0.2, 0) is 11.3 Å². The van der Waals surface area contributed by atoms with Gasteiger partial charge in [-0.25, -0.2) is 4.79 Å². The molecule has 1 aliphatic rings. The molecule has 1 saturated heterocycles. The van der Waals surface area contributed by atoms with Crippen LogP contribution in [0.15, 0.2) is 48.7 Å². The minimum Gasteiger partial charge on any atom is -0.497 e. The third-order valence-electron chi connectivity index (χ3n) is 4.98. The lowest BCUT2D eigenvalue weighted by atomic mass is 9.99. The molecule has 156 valence electrons. The van der Waals surface area contributed by atoms with Crippen molar-refractivity contribution in [2.45, 2.75) is 12.1 Å². The highest BCUT2D eigenvalue weighted by Crippen LogP contribution is 2.31. The Morgan fingerprint density at radius 2 is 2.06 bits per heavy atom. The van der Waals surface area contributed by atoms with Crippen molar-refractivity contribution < 1.29 is 24.2 Å². The van der Waals surface area contributed by atoms with Crippen LogP contribution < -0.4 is 21.1 Å². The number of primary amides is 1. The second kappa shape index (κ2) is 7.42. The number of methoxy groups -OCH3 is 1. The Balaban J connectivity index is 1.75. The summed E-state index contributed by atoms with van der Waals surface area (Å²) in [6, 6.07) is 10.8. The number of hydrogen-bond donors (Lipinski definition) is 4. The summed E-state index contributed by atoms with van der Waals surface area (Å²) >= 11 is 0. The predicted octanol–water partition coefficient (Wildman–Crippen LogP) is 1.08. The maximum Gasteiger partial charge on any atom is 0.323 e. The van der Waals surface area contributed by atoms with Gasteiger partial charge in [0.2, 0.25) is 11.4 Å². The van der Waals surface area contributed by atoms with Gasteiger partial charge in [0.25, 0.3) is 5.91 Å². The fourth-order valence-corrected chi connectivity index (χ4v) is 3.39. The van der Waals surface area contributed by atoms with Gasteiger partial charge in [0.05, 0.1) is 13.7 Å². The van der Waals surface area contributed by atoms with Crippen LogP contribution in [0.25, 0.3) is 10.8 Å². The van der Waals surface area contributed by atoms with Crippen molar-refractivity contribution in [3.8, 4) is 23.5 Å². The Hall–Kier alpha value is -4.45. The van der Waals surface area contributed by atoms with Gasteiger partial charge in [0.15, 0.2) is 5.88 Å². The van der Waals surface area contributed by atoms with Crippen LogP contribution in [0.4, 0.5) is 4.79 Å². The molecule has 1 atom stereocenters. The molecule has 2 heterocycles. The summed E-state index contributed by atoms with van der Waals surface area (Å²) in [6.07, 6.45) is 1.65. The van der Waals surface area contributed by atoms with E-state index in [0.29, 0.717) is 16.7 Å². The summed E-state index contributed by atoms with van der Waals surface area (Å²) in [5.41, 5.74) is 4.38. The fourth-order valence-electron chi connectivity index (χ4n) is 3.39. The lowest BCUT2D eigenvalue weighted by Crippen LogP contribution is -2.49. The number of imide groups is 1. The van der Waals surface area contributed by atoms with E-state index in [9.17, 15) is 19.5 Å². The third-order valence-corrected chi connectivity index (χ3v) is 4.98.